The van der Waals surface area contributed by atoms with E-state index in [9.17, 15) is 9.59 Å². The van der Waals surface area contributed by atoms with Crippen LogP contribution in [0.1, 0.15) is 5.56 Å². The monoisotopic (exact) mass is 433 g/mol. The van der Waals surface area contributed by atoms with Gasteiger partial charge in [-0.15, -0.1) is 21.5 Å². The molecule has 144 valence electrons. The summed E-state index contributed by atoms with van der Waals surface area (Å²) in [5.74, 6) is 0.597. The van der Waals surface area contributed by atoms with E-state index in [0.29, 0.717) is 27.2 Å². The first kappa shape index (κ1) is 19.0. The van der Waals surface area contributed by atoms with Crippen molar-refractivity contribution < 1.29 is 4.79 Å². The van der Waals surface area contributed by atoms with Gasteiger partial charge in [-0.05, 0) is 35.6 Å². The second-order valence-electron chi connectivity index (χ2n) is 6.13. The summed E-state index contributed by atoms with van der Waals surface area (Å²) in [4.78, 5) is 24.5. The van der Waals surface area contributed by atoms with Gasteiger partial charge in [0.2, 0.25) is 11.7 Å². The molecule has 3 heterocycles. The van der Waals surface area contributed by atoms with E-state index in [1.165, 1.54) is 27.7 Å². The number of nitrogens with zero attached hydrogens (tertiary/aromatic N) is 4. The van der Waals surface area contributed by atoms with Gasteiger partial charge in [-0.1, -0.05) is 35.5 Å². The van der Waals surface area contributed by atoms with Crippen LogP contribution in [-0.4, -0.2) is 37.4 Å². The van der Waals surface area contributed by atoms with Gasteiger partial charge in [0, 0.05) is 18.6 Å². The number of benzene rings is 1. The van der Waals surface area contributed by atoms with E-state index in [1.54, 1.807) is 7.05 Å². The van der Waals surface area contributed by atoms with E-state index in [-0.39, 0.29) is 17.2 Å². The van der Waals surface area contributed by atoms with Crippen molar-refractivity contribution in [2.24, 2.45) is 7.05 Å². The largest absolute Gasteiger partial charge is 0.355 e. The van der Waals surface area contributed by atoms with Gasteiger partial charge in [0.25, 0.3) is 5.56 Å². The summed E-state index contributed by atoms with van der Waals surface area (Å²) >= 11 is 8.55. The summed E-state index contributed by atoms with van der Waals surface area (Å²) in [7, 11) is 1.67. The minimum absolute atomic E-state index is 0.0814. The zero-order valence-corrected chi connectivity index (χ0v) is 17.3. The molecule has 4 rings (SSSR count). The number of aromatic nitrogens is 4. The van der Waals surface area contributed by atoms with Crippen molar-refractivity contribution in [1.82, 2.24) is 24.5 Å². The zero-order chi connectivity index (χ0) is 19.7. The molecule has 0 fully saturated rings. The average molecular weight is 434 g/mol. The Morgan fingerprint density at radius 1 is 1.25 bits per heavy atom. The van der Waals surface area contributed by atoms with Gasteiger partial charge in [-0.2, -0.15) is 0 Å². The fourth-order valence-electron chi connectivity index (χ4n) is 2.84. The number of rotatable bonds is 6. The highest BCUT2D eigenvalue weighted by Crippen LogP contribution is 2.23. The number of hydrogen-bond donors (Lipinski definition) is 1. The lowest BCUT2D eigenvalue weighted by Gasteiger charge is -2.06. The molecule has 10 heteroatoms. The first-order chi connectivity index (χ1) is 13.5. The van der Waals surface area contributed by atoms with Crippen LogP contribution in [0.15, 0.2) is 45.7 Å². The van der Waals surface area contributed by atoms with E-state index in [0.717, 1.165) is 17.5 Å². The predicted molar refractivity (Wildman–Crippen MR) is 113 cm³/mol. The number of thioether (sulfide) groups is 1. The van der Waals surface area contributed by atoms with Crippen LogP contribution in [0.25, 0.3) is 16.0 Å². The van der Waals surface area contributed by atoms with E-state index in [4.69, 9.17) is 11.6 Å². The number of carbonyl (C=O) groups excluding carboxylic acids is 1. The molecule has 0 aliphatic heterocycles. The summed E-state index contributed by atoms with van der Waals surface area (Å²) < 4.78 is 3.94. The van der Waals surface area contributed by atoms with Gasteiger partial charge < -0.3 is 5.32 Å². The molecule has 1 amide bonds. The van der Waals surface area contributed by atoms with Crippen molar-refractivity contribution in [2.45, 2.75) is 11.6 Å². The summed E-state index contributed by atoms with van der Waals surface area (Å²) in [6.45, 7) is 0.547. The third-order valence-electron chi connectivity index (χ3n) is 4.28. The molecule has 1 aromatic carbocycles. The normalized spacial score (nSPS) is 11.4. The summed E-state index contributed by atoms with van der Waals surface area (Å²) in [5, 5.41) is 14.3. The fraction of sp³-hybridized carbons (Fsp3) is 0.222. The molecule has 4 aromatic rings. The maximum atomic E-state index is 12.3. The number of nitrogens with one attached hydrogen (secondary N) is 1. The molecule has 0 saturated carbocycles. The van der Waals surface area contributed by atoms with Crippen molar-refractivity contribution in [3.05, 3.63) is 56.7 Å². The molecule has 7 nitrogen and oxygen atoms in total. The molecule has 1 N–H and O–H groups in total. The lowest BCUT2D eigenvalue weighted by atomic mass is 10.1. The number of hydrogen-bond acceptors (Lipinski definition) is 6. The molecule has 3 aromatic heterocycles. The minimum Gasteiger partial charge on any atom is -0.355 e. The SMILES string of the molecule is Cn1c(=O)c2sccc2n2c(SCC(=O)NCCc3ccc(Cl)cc3)nnc12. The predicted octanol–water partition coefficient (Wildman–Crippen LogP) is 2.75. The maximum absolute atomic E-state index is 12.3. The van der Waals surface area contributed by atoms with Crippen molar-refractivity contribution >= 4 is 56.6 Å². The number of aryl methyl sites for hydroxylation is 1. The zero-order valence-electron chi connectivity index (χ0n) is 14.9. The van der Waals surface area contributed by atoms with Crippen LogP contribution in [0.3, 0.4) is 0 Å². The average Bonchev–Trinajstić information content (AvgIpc) is 3.33. The molecule has 0 bridgehead atoms. The molecule has 0 radical (unpaired) electrons. The standard InChI is InChI=1S/C18H16ClN5O2S2/c1-23-16(26)15-13(7-9-27-15)24-17(23)21-22-18(24)28-10-14(25)20-8-6-11-2-4-12(19)5-3-11/h2-5,7,9H,6,8,10H2,1H3,(H,20,25). The van der Waals surface area contributed by atoms with Crippen molar-refractivity contribution in [2.75, 3.05) is 12.3 Å². The Labute approximate surface area is 173 Å². The van der Waals surface area contributed by atoms with Crippen LogP contribution in [0.4, 0.5) is 0 Å². The maximum Gasteiger partial charge on any atom is 0.272 e. The molecular formula is C18H16ClN5O2S2. The van der Waals surface area contributed by atoms with E-state index in [1.807, 2.05) is 40.1 Å². The quantitative estimate of drug-likeness (QED) is 0.473. The lowest BCUT2D eigenvalue weighted by molar-refractivity contribution is -0.118. The van der Waals surface area contributed by atoms with E-state index >= 15 is 0 Å². The first-order valence-electron chi connectivity index (χ1n) is 8.50. The molecule has 0 aliphatic carbocycles. The van der Waals surface area contributed by atoms with Gasteiger partial charge in [0.05, 0.1) is 11.3 Å². The Morgan fingerprint density at radius 3 is 2.82 bits per heavy atom. The minimum atomic E-state index is -0.0959. The highest BCUT2D eigenvalue weighted by atomic mass is 35.5. The van der Waals surface area contributed by atoms with Crippen LogP contribution in [0.5, 0.6) is 0 Å². The molecule has 0 spiro atoms. The fourth-order valence-corrected chi connectivity index (χ4v) is 4.59. The van der Waals surface area contributed by atoms with Gasteiger partial charge in [-0.25, -0.2) is 0 Å². The van der Waals surface area contributed by atoms with Crippen LogP contribution in [0.2, 0.25) is 5.02 Å². The van der Waals surface area contributed by atoms with E-state index in [2.05, 4.69) is 15.5 Å². The molecule has 0 atom stereocenters. The van der Waals surface area contributed by atoms with Crippen LogP contribution < -0.4 is 10.9 Å². The molecule has 0 aliphatic rings. The summed E-state index contributed by atoms with van der Waals surface area (Å²) in [6.07, 6.45) is 0.735. The van der Waals surface area contributed by atoms with Crippen LogP contribution in [0, 0.1) is 0 Å². The third kappa shape index (κ3) is 3.65. The Morgan fingerprint density at radius 2 is 2.04 bits per heavy atom. The van der Waals surface area contributed by atoms with Gasteiger partial charge in [-0.3, -0.25) is 18.6 Å². The number of halogens is 1. The van der Waals surface area contributed by atoms with Crippen molar-refractivity contribution in [3.63, 3.8) is 0 Å². The van der Waals surface area contributed by atoms with Gasteiger partial charge >= 0.3 is 0 Å². The van der Waals surface area contributed by atoms with Crippen molar-refractivity contribution in [1.29, 1.82) is 0 Å². The summed E-state index contributed by atoms with van der Waals surface area (Å²) in [6, 6.07) is 9.44. The topological polar surface area (TPSA) is 81.3 Å². The van der Waals surface area contributed by atoms with Crippen LogP contribution in [-0.2, 0) is 18.3 Å². The lowest BCUT2D eigenvalue weighted by Crippen LogP contribution is -2.27. The number of fused-ring (bicyclic) bond motifs is 3. The van der Waals surface area contributed by atoms with Gasteiger partial charge in [0.1, 0.15) is 4.70 Å². The summed E-state index contributed by atoms with van der Waals surface area (Å²) in [5.41, 5.74) is 1.78. The number of carbonyl (C=O) groups is 1. The Kier molecular flexibility index (Phi) is 5.38. The van der Waals surface area contributed by atoms with Crippen LogP contribution >= 0.6 is 34.7 Å². The number of amides is 1. The second kappa shape index (κ2) is 7.94. The number of thiophene rings is 1. The molecule has 28 heavy (non-hydrogen) atoms. The van der Waals surface area contributed by atoms with Crippen molar-refractivity contribution in [3.8, 4) is 0 Å². The highest BCUT2D eigenvalue weighted by Gasteiger charge is 2.16. The van der Waals surface area contributed by atoms with E-state index < -0.39 is 0 Å². The second-order valence-corrected chi connectivity index (χ2v) is 8.43. The smallest absolute Gasteiger partial charge is 0.272 e. The molecular weight excluding hydrogens is 418 g/mol. The third-order valence-corrected chi connectivity index (χ3v) is 6.35. The highest BCUT2D eigenvalue weighted by molar-refractivity contribution is 7.99. The molecule has 0 saturated heterocycles. The Hall–Kier alpha value is -2.36. The Balaban J connectivity index is 1.42. The Bertz CT molecular complexity index is 1210. The molecule has 0 unspecified atom stereocenters. The van der Waals surface area contributed by atoms with Gasteiger partial charge in [0.15, 0.2) is 5.16 Å². The first-order valence-corrected chi connectivity index (χ1v) is 10.7.